The van der Waals surface area contributed by atoms with Gasteiger partial charge in [0.1, 0.15) is 5.82 Å². The largest absolute Gasteiger partial charge is 0.490 e. The second kappa shape index (κ2) is 11.4. The lowest BCUT2D eigenvalue weighted by atomic mass is 10.1. The Hall–Kier alpha value is -2.56. The number of hydrogen-bond acceptors (Lipinski definition) is 4. The van der Waals surface area contributed by atoms with Crippen molar-refractivity contribution in [2.45, 2.75) is 12.8 Å². The summed E-state index contributed by atoms with van der Waals surface area (Å²) in [5.74, 6) is 1.14. The van der Waals surface area contributed by atoms with Crippen molar-refractivity contribution in [3.63, 3.8) is 0 Å². The maximum absolute atomic E-state index is 12.9. The Kier molecular flexibility index (Phi) is 8.97. The average molecular weight is 514 g/mol. The highest BCUT2D eigenvalue weighted by Crippen LogP contribution is 2.32. The standard InChI is InChI=1S/C20H23FN4O3.HI/c21-15-4-2-14(3-5-15)12-19(26)23-8-9-24-20(22)25-16-6-7-17-18(13-16)28-11-1-10-27-17;/h2-7,13H,1,8-12H2,(H,23,26)(H3,22,24,25);1H. The molecule has 1 aliphatic rings. The Labute approximate surface area is 185 Å². The van der Waals surface area contributed by atoms with Crippen molar-refractivity contribution in [2.24, 2.45) is 10.7 Å². The van der Waals surface area contributed by atoms with E-state index in [-0.39, 0.29) is 48.1 Å². The van der Waals surface area contributed by atoms with Crippen LogP contribution in [0.15, 0.2) is 47.5 Å². The van der Waals surface area contributed by atoms with Gasteiger partial charge in [0, 0.05) is 24.7 Å². The molecule has 1 aliphatic heterocycles. The van der Waals surface area contributed by atoms with Gasteiger partial charge in [0.15, 0.2) is 17.5 Å². The van der Waals surface area contributed by atoms with E-state index >= 15 is 0 Å². The number of carbonyl (C=O) groups excluding carboxylic acids is 1. The molecule has 3 rings (SSSR count). The molecule has 2 aromatic rings. The third-order valence-corrected chi connectivity index (χ3v) is 4.01. The van der Waals surface area contributed by atoms with Crippen LogP contribution in [0.1, 0.15) is 12.0 Å². The molecule has 0 aromatic heterocycles. The maximum Gasteiger partial charge on any atom is 0.224 e. The monoisotopic (exact) mass is 514 g/mol. The molecule has 0 aliphatic carbocycles. The number of guanidine groups is 1. The number of nitrogens with two attached hydrogens (primary N) is 1. The number of ether oxygens (including phenoxy) is 2. The van der Waals surface area contributed by atoms with E-state index in [0.29, 0.717) is 37.8 Å². The van der Waals surface area contributed by atoms with Crippen LogP contribution in [-0.4, -0.2) is 38.2 Å². The summed E-state index contributed by atoms with van der Waals surface area (Å²) in [6, 6.07) is 11.3. The van der Waals surface area contributed by atoms with E-state index in [0.717, 1.165) is 17.7 Å². The summed E-state index contributed by atoms with van der Waals surface area (Å²) in [6.07, 6.45) is 1.03. The second-order valence-corrected chi connectivity index (χ2v) is 6.26. The van der Waals surface area contributed by atoms with Crippen molar-refractivity contribution in [3.05, 3.63) is 53.8 Å². The van der Waals surface area contributed by atoms with Gasteiger partial charge in [-0.05, 0) is 29.8 Å². The first-order valence-electron chi connectivity index (χ1n) is 9.08. The number of fused-ring (bicyclic) bond motifs is 1. The van der Waals surface area contributed by atoms with Crippen LogP contribution in [-0.2, 0) is 11.2 Å². The summed E-state index contributed by atoms with van der Waals surface area (Å²) < 4.78 is 24.1. The lowest BCUT2D eigenvalue weighted by Crippen LogP contribution is -2.29. The smallest absolute Gasteiger partial charge is 0.224 e. The third-order valence-electron chi connectivity index (χ3n) is 4.01. The van der Waals surface area contributed by atoms with Gasteiger partial charge in [-0.1, -0.05) is 12.1 Å². The van der Waals surface area contributed by atoms with Gasteiger partial charge >= 0.3 is 0 Å². The first kappa shape index (κ1) is 22.7. The summed E-state index contributed by atoms with van der Waals surface area (Å²) in [6.45, 7) is 1.93. The van der Waals surface area contributed by atoms with Crippen molar-refractivity contribution in [3.8, 4) is 11.5 Å². The Bertz CT molecular complexity index is 846. The van der Waals surface area contributed by atoms with Gasteiger partial charge in [-0.15, -0.1) is 24.0 Å². The average Bonchev–Trinajstić information content (AvgIpc) is 2.92. The van der Waals surface area contributed by atoms with E-state index in [1.807, 2.05) is 18.2 Å². The zero-order valence-corrected chi connectivity index (χ0v) is 18.1. The molecule has 29 heavy (non-hydrogen) atoms. The zero-order chi connectivity index (χ0) is 19.8. The van der Waals surface area contributed by atoms with Gasteiger partial charge in [0.25, 0.3) is 0 Å². The van der Waals surface area contributed by atoms with Gasteiger partial charge in [-0.2, -0.15) is 0 Å². The summed E-state index contributed by atoms with van der Waals surface area (Å²) in [5, 5.41) is 5.74. The minimum Gasteiger partial charge on any atom is -0.490 e. The molecule has 0 atom stereocenters. The van der Waals surface area contributed by atoms with Crippen molar-refractivity contribution in [1.82, 2.24) is 5.32 Å². The number of nitrogens with zero attached hydrogens (tertiary/aromatic N) is 1. The lowest BCUT2D eigenvalue weighted by molar-refractivity contribution is -0.120. The Morgan fingerprint density at radius 2 is 1.83 bits per heavy atom. The molecule has 0 fully saturated rings. The van der Waals surface area contributed by atoms with Crippen LogP contribution < -0.4 is 25.8 Å². The van der Waals surface area contributed by atoms with Crippen molar-refractivity contribution < 1.29 is 18.7 Å². The van der Waals surface area contributed by atoms with Gasteiger partial charge in [-0.25, -0.2) is 4.39 Å². The molecule has 4 N–H and O–H groups in total. The van der Waals surface area contributed by atoms with E-state index in [4.69, 9.17) is 15.2 Å². The predicted octanol–water partition coefficient (Wildman–Crippen LogP) is 2.69. The number of amides is 1. The van der Waals surface area contributed by atoms with Crippen LogP contribution >= 0.6 is 24.0 Å². The highest BCUT2D eigenvalue weighted by molar-refractivity contribution is 14.0. The van der Waals surface area contributed by atoms with Crippen LogP contribution in [0, 0.1) is 5.82 Å². The molecule has 2 aromatic carbocycles. The molecule has 7 nitrogen and oxygen atoms in total. The number of rotatable bonds is 6. The molecule has 1 heterocycles. The van der Waals surface area contributed by atoms with Crippen LogP contribution in [0.25, 0.3) is 0 Å². The quantitative estimate of drug-likeness (QED) is 0.239. The van der Waals surface area contributed by atoms with Gasteiger partial charge < -0.3 is 25.8 Å². The summed E-state index contributed by atoms with van der Waals surface area (Å²) >= 11 is 0. The van der Waals surface area contributed by atoms with Crippen LogP contribution in [0.2, 0.25) is 0 Å². The number of hydrogen-bond donors (Lipinski definition) is 3. The van der Waals surface area contributed by atoms with Gasteiger partial charge in [0.05, 0.1) is 26.2 Å². The minimum absolute atomic E-state index is 0. The number of carbonyl (C=O) groups is 1. The number of halogens is 2. The fourth-order valence-corrected chi connectivity index (χ4v) is 2.65. The van der Waals surface area contributed by atoms with Crippen LogP contribution in [0.3, 0.4) is 0 Å². The van der Waals surface area contributed by atoms with Crippen LogP contribution in [0.4, 0.5) is 10.1 Å². The van der Waals surface area contributed by atoms with E-state index in [1.165, 1.54) is 12.1 Å². The molecule has 0 saturated heterocycles. The third kappa shape index (κ3) is 7.41. The lowest BCUT2D eigenvalue weighted by Gasteiger charge is -2.11. The summed E-state index contributed by atoms with van der Waals surface area (Å²) in [4.78, 5) is 16.1. The van der Waals surface area contributed by atoms with Crippen molar-refractivity contribution >= 4 is 41.5 Å². The molecule has 9 heteroatoms. The predicted molar refractivity (Wildman–Crippen MR) is 121 cm³/mol. The normalized spacial score (nSPS) is 13.1. The Morgan fingerprint density at radius 1 is 1.10 bits per heavy atom. The number of benzene rings is 2. The van der Waals surface area contributed by atoms with E-state index in [9.17, 15) is 9.18 Å². The molecular formula is C20H24FIN4O3. The fraction of sp³-hybridized carbons (Fsp3) is 0.300. The van der Waals surface area contributed by atoms with Crippen molar-refractivity contribution in [2.75, 3.05) is 31.6 Å². The number of aliphatic imine (C=N–C) groups is 1. The first-order chi connectivity index (χ1) is 13.6. The first-order valence-corrected chi connectivity index (χ1v) is 9.08. The van der Waals surface area contributed by atoms with Gasteiger partial charge in [-0.3, -0.25) is 9.79 Å². The van der Waals surface area contributed by atoms with Gasteiger partial charge in [0.2, 0.25) is 5.91 Å². The van der Waals surface area contributed by atoms with Crippen molar-refractivity contribution in [1.29, 1.82) is 0 Å². The van der Waals surface area contributed by atoms with E-state index < -0.39 is 0 Å². The van der Waals surface area contributed by atoms with E-state index in [2.05, 4.69) is 15.6 Å². The molecule has 0 saturated carbocycles. The molecule has 0 radical (unpaired) electrons. The molecule has 1 amide bonds. The number of anilines is 1. The second-order valence-electron chi connectivity index (χ2n) is 6.26. The SMILES string of the molecule is I.NC(=NCCNC(=O)Cc1ccc(F)cc1)Nc1ccc2c(c1)OCCCO2. The highest BCUT2D eigenvalue weighted by atomic mass is 127. The molecule has 156 valence electrons. The topological polar surface area (TPSA) is 98.0 Å². The molecule has 0 bridgehead atoms. The molecule has 0 spiro atoms. The number of nitrogens with one attached hydrogen (secondary N) is 2. The molecular weight excluding hydrogens is 490 g/mol. The Morgan fingerprint density at radius 3 is 2.59 bits per heavy atom. The van der Waals surface area contributed by atoms with E-state index in [1.54, 1.807) is 12.1 Å². The molecule has 0 unspecified atom stereocenters. The summed E-state index contributed by atoms with van der Waals surface area (Å²) in [7, 11) is 0. The van der Waals surface area contributed by atoms with Crippen LogP contribution in [0.5, 0.6) is 11.5 Å². The Balaban J connectivity index is 0.00000300. The minimum atomic E-state index is -0.324. The fourth-order valence-electron chi connectivity index (χ4n) is 2.65. The highest BCUT2D eigenvalue weighted by Gasteiger charge is 2.11. The maximum atomic E-state index is 12.9. The summed E-state index contributed by atoms with van der Waals surface area (Å²) in [5.41, 5.74) is 7.38. The zero-order valence-electron chi connectivity index (χ0n) is 15.8.